The fourth-order valence-electron chi connectivity index (χ4n) is 2.89. The van der Waals surface area contributed by atoms with Gasteiger partial charge in [0.1, 0.15) is 5.75 Å². The molecule has 1 aliphatic rings. The van der Waals surface area contributed by atoms with Crippen LogP contribution in [0.3, 0.4) is 0 Å². The molecule has 0 bridgehead atoms. The van der Waals surface area contributed by atoms with Crippen LogP contribution in [0.1, 0.15) is 38.2 Å². The van der Waals surface area contributed by atoms with E-state index in [1.807, 2.05) is 0 Å². The molecule has 110 valence electrons. The van der Waals surface area contributed by atoms with Crippen LogP contribution in [0.25, 0.3) is 0 Å². The Morgan fingerprint density at radius 3 is 2.55 bits per heavy atom. The zero-order chi connectivity index (χ0) is 14.5. The Kier molecular flexibility index (Phi) is 5.01. The van der Waals surface area contributed by atoms with Crippen LogP contribution >= 0.6 is 0 Å². The highest BCUT2D eigenvalue weighted by Crippen LogP contribution is 2.27. The summed E-state index contributed by atoms with van der Waals surface area (Å²) < 4.78 is 0. The van der Waals surface area contributed by atoms with E-state index in [-0.39, 0.29) is 17.7 Å². The van der Waals surface area contributed by atoms with Crippen LogP contribution < -0.4 is 11.1 Å². The standard InChI is InChI=1S/C16H24N2O2/c1-11(13-4-2-3-5-13)18-16(20)15(17)10-12-6-8-14(19)9-7-12/h6-9,11,13,15,19H,2-5,10,17H2,1H3,(H,18,20)/t11?,15-/m1/s1. The zero-order valence-corrected chi connectivity index (χ0v) is 12.0. The number of amides is 1. The number of nitrogens with two attached hydrogens (primary N) is 1. The summed E-state index contributed by atoms with van der Waals surface area (Å²) in [6, 6.07) is 6.48. The van der Waals surface area contributed by atoms with Crippen molar-refractivity contribution in [1.29, 1.82) is 0 Å². The van der Waals surface area contributed by atoms with E-state index in [4.69, 9.17) is 5.73 Å². The molecule has 0 aromatic heterocycles. The molecule has 1 unspecified atom stereocenters. The first kappa shape index (κ1) is 14.9. The lowest BCUT2D eigenvalue weighted by molar-refractivity contribution is -0.123. The number of phenols is 1. The van der Waals surface area contributed by atoms with Crippen molar-refractivity contribution in [3.05, 3.63) is 29.8 Å². The second-order valence-corrected chi connectivity index (χ2v) is 5.82. The summed E-state index contributed by atoms with van der Waals surface area (Å²) in [6.07, 6.45) is 5.43. The van der Waals surface area contributed by atoms with Crippen molar-refractivity contribution in [2.75, 3.05) is 0 Å². The third-order valence-corrected chi connectivity index (χ3v) is 4.21. The topological polar surface area (TPSA) is 75.4 Å². The predicted octanol–water partition coefficient (Wildman–Crippen LogP) is 1.96. The number of aromatic hydroxyl groups is 1. The van der Waals surface area contributed by atoms with Crippen molar-refractivity contribution in [3.8, 4) is 5.75 Å². The van der Waals surface area contributed by atoms with Crippen LogP contribution in [0.4, 0.5) is 0 Å². The lowest BCUT2D eigenvalue weighted by atomic mass is 9.99. The molecular formula is C16H24N2O2. The van der Waals surface area contributed by atoms with Crippen LogP contribution in [0.5, 0.6) is 5.75 Å². The third kappa shape index (κ3) is 3.97. The summed E-state index contributed by atoms with van der Waals surface area (Å²) in [4.78, 5) is 12.1. The largest absolute Gasteiger partial charge is 0.508 e. The third-order valence-electron chi connectivity index (χ3n) is 4.21. The maximum Gasteiger partial charge on any atom is 0.237 e. The van der Waals surface area contributed by atoms with Crippen molar-refractivity contribution in [3.63, 3.8) is 0 Å². The molecule has 20 heavy (non-hydrogen) atoms. The number of phenolic OH excluding ortho intramolecular Hbond substituents is 1. The molecule has 0 aliphatic heterocycles. The van der Waals surface area contributed by atoms with Gasteiger partial charge in [-0.3, -0.25) is 4.79 Å². The lowest BCUT2D eigenvalue weighted by Gasteiger charge is -2.22. The molecule has 0 saturated heterocycles. The predicted molar refractivity (Wildman–Crippen MR) is 79.3 cm³/mol. The number of hydrogen-bond donors (Lipinski definition) is 3. The summed E-state index contributed by atoms with van der Waals surface area (Å²) >= 11 is 0. The summed E-state index contributed by atoms with van der Waals surface area (Å²) in [7, 11) is 0. The normalized spacial score (nSPS) is 18.7. The van der Waals surface area contributed by atoms with Gasteiger partial charge in [-0.2, -0.15) is 0 Å². The fourth-order valence-corrected chi connectivity index (χ4v) is 2.89. The number of carbonyl (C=O) groups excluding carboxylic acids is 1. The molecular weight excluding hydrogens is 252 g/mol. The first-order chi connectivity index (χ1) is 9.56. The van der Waals surface area contributed by atoms with E-state index < -0.39 is 6.04 Å². The molecule has 1 aliphatic carbocycles. The van der Waals surface area contributed by atoms with E-state index in [0.717, 1.165) is 5.56 Å². The molecule has 4 heteroatoms. The minimum Gasteiger partial charge on any atom is -0.508 e. The van der Waals surface area contributed by atoms with Gasteiger partial charge in [0.25, 0.3) is 0 Å². The highest BCUT2D eigenvalue weighted by molar-refractivity contribution is 5.82. The van der Waals surface area contributed by atoms with Gasteiger partial charge in [0.15, 0.2) is 0 Å². The van der Waals surface area contributed by atoms with Gasteiger partial charge in [-0.25, -0.2) is 0 Å². The average Bonchev–Trinajstić information content (AvgIpc) is 2.95. The summed E-state index contributed by atoms with van der Waals surface area (Å²) in [6.45, 7) is 2.07. The fraction of sp³-hybridized carbons (Fsp3) is 0.562. The van der Waals surface area contributed by atoms with E-state index in [2.05, 4.69) is 12.2 Å². The quantitative estimate of drug-likeness (QED) is 0.769. The molecule has 0 radical (unpaired) electrons. The molecule has 1 fully saturated rings. The number of benzene rings is 1. The van der Waals surface area contributed by atoms with E-state index in [1.54, 1.807) is 24.3 Å². The number of nitrogens with one attached hydrogen (secondary N) is 1. The Morgan fingerprint density at radius 2 is 1.95 bits per heavy atom. The van der Waals surface area contributed by atoms with Gasteiger partial charge in [-0.15, -0.1) is 0 Å². The molecule has 0 spiro atoms. The smallest absolute Gasteiger partial charge is 0.237 e. The Morgan fingerprint density at radius 1 is 1.35 bits per heavy atom. The molecule has 4 N–H and O–H groups in total. The van der Waals surface area contributed by atoms with Crippen molar-refractivity contribution in [2.24, 2.45) is 11.7 Å². The van der Waals surface area contributed by atoms with Gasteiger partial charge in [-0.05, 0) is 49.8 Å². The van der Waals surface area contributed by atoms with Gasteiger partial charge in [-0.1, -0.05) is 25.0 Å². The molecule has 2 rings (SSSR count). The van der Waals surface area contributed by atoms with Crippen molar-refractivity contribution < 1.29 is 9.90 Å². The van der Waals surface area contributed by atoms with Gasteiger partial charge in [0.2, 0.25) is 5.91 Å². The van der Waals surface area contributed by atoms with Crippen molar-refractivity contribution >= 4 is 5.91 Å². The van der Waals surface area contributed by atoms with Gasteiger partial charge >= 0.3 is 0 Å². The lowest BCUT2D eigenvalue weighted by Crippen LogP contribution is -2.47. The van der Waals surface area contributed by atoms with Crippen LogP contribution in [-0.2, 0) is 11.2 Å². The second kappa shape index (κ2) is 6.75. The van der Waals surface area contributed by atoms with Crippen molar-refractivity contribution in [2.45, 2.75) is 51.1 Å². The minimum atomic E-state index is -0.539. The Hall–Kier alpha value is -1.55. The molecule has 4 nitrogen and oxygen atoms in total. The monoisotopic (exact) mass is 276 g/mol. The first-order valence-corrected chi connectivity index (χ1v) is 7.40. The number of carbonyl (C=O) groups is 1. The van der Waals surface area contributed by atoms with Gasteiger partial charge < -0.3 is 16.2 Å². The summed E-state index contributed by atoms with van der Waals surface area (Å²) in [5, 5.41) is 12.3. The van der Waals surface area contributed by atoms with Gasteiger partial charge in [0.05, 0.1) is 6.04 Å². The average molecular weight is 276 g/mol. The Balaban J connectivity index is 1.83. The number of hydrogen-bond acceptors (Lipinski definition) is 3. The van der Waals surface area contributed by atoms with Gasteiger partial charge in [0, 0.05) is 6.04 Å². The van der Waals surface area contributed by atoms with Crippen LogP contribution in [-0.4, -0.2) is 23.1 Å². The van der Waals surface area contributed by atoms with E-state index in [0.29, 0.717) is 12.3 Å². The molecule has 1 amide bonds. The Bertz CT molecular complexity index is 438. The van der Waals surface area contributed by atoms with E-state index >= 15 is 0 Å². The van der Waals surface area contributed by atoms with Crippen LogP contribution in [0.2, 0.25) is 0 Å². The number of rotatable bonds is 5. The highest BCUT2D eigenvalue weighted by Gasteiger charge is 2.24. The summed E-state index contributed by atoms with van der Waals surface area (Å²) in [5.41, 5.74) is 6.92. The zero-order valence-electron chi connectivity index (χ0n) is 12.0. The van der Waals surface area contributed by atoms with Crippen LogP contribution in [0, 0.1) is 5.92 Å². The highest BCUT2D eigenvalue weighted by atomic mass is 16.3. The SMILES string of the molecule is CC(NC(=O)[C@H](N)Cc1ccc(O)cc1)C1CCCC1. The molecule has 0 heterocycles. The second-order valence-electron chi connectivity index (χ2n) is 5.82. The molecule has 1 saturated carbocycles. The van der Waals surface area contributed by atoms with Crippen molar-refractivity contribution in [1.82, 2.24) is 5.32 Å². The van der Waals surface area contributed by atoms with E-state index in [9.17, 15) is 9.90 Å². The first-order valence-electron chi connectivity index (χ1n) is 7.40. The van der Waals surface area contributed by atoms with Crippen LogP contribution in [0.15, 0.2) is 24.3 Å². The molecule has 2 atom stereocenters. The van der Waals surface area contributed by atoms with E-state index in [1.165, 1.54) is 25.7 Å². The molecule has 1 aromatic rings. The molecule has 1 aromatic carbocycles. The summed E-state index contributed by atoms with van der Waals surface area (Å²) in [5.74, 6) is 0.735. The maximum absolute atomic E-state index is 12.1. The Labute approximate surface area is 120 Å². The minimum absolute atomic E-state index is 0.0857. The maximum atomic E-state index is 12.1.